The molecule has 88 valence electrons. The van der Waals surface area contributed by atoms with E-state index >= 15 is 0 Å². The molecule has 1 unspecified atom stereocenters. The molecule has 1 aliphatic rings. The maximum atomic E-state index is 10.7. The van der Waals surface area contributed by atoms with Gasteiger partial charge in [-0.15, -0.1) is 0 Å². The van der Waals surface area contributed by atoms with Crippen LogP contribution in [0, 0.1) is 19.8 Å². The van der Waals surface area contributed by atoms with Gasteiger partial charge in [-0.2, -0.15) is 0 Å². The molecule has 3 heteroatoms. The molecule has 16 heavy (non-hydrogen) atoms. The first kappa shape index (κ1) is 12.6. The average molecular weight is 221 g/mol. The van der Waals surface area contributed by atoms with Crippen LogP contribution >= 0.6 is 0 Å². The van der Waals surface area contributed by atoms with Crippen LogP contribution in [0.15, 0.2) is 24.3 Å². The molecule has 0 spiro atoms. The van der Waals surface area contributed by atoms with Crippen molar-refractivity contribution >= 4 is 5.97 Å². The van der Waals surface area contributed by atoms with Crippen molar-refractivity contribution in [3.63, 3.8) is 0 Å². The zero-order valence-electron chi connectivity index (χ0n) is 10.1. The van der Waals surface area contributed by atoms with Crippen LogP contribution in [0.5, 0.6) is 0 Å². The summed E-state index contributed by atoms with van der Waals surface area (Å²) in [5.41, 5.74) is 2.47. The fraction of sp³-hybridized carbons (Fsp3) is 0.462. The number of aryl methyl sites for hydroxylation is 2. The van der Waals surface area contributed by atoms with Gasteiger partial charge in [0.2, 0.25) is 0 Å². The molecule has 1 aliphatic carbocycles. The van der Waals surface area contributed by atoms with Crippen LogP contribution in [0.2, 0.25) is 0 Å². The zero-order chi connectivity index (χ0) is 12.0. The number of H-pyrrole nitrogens is 1. The summed E-state index contributed by atoms with van der Waals surface area (Å²) >= 11 is 0. The number of allylic oxidation sites excluding steroid dienone is 1. The van der Waals surface area contributed by atoms with Crippen molar-refractivity contribution in [1.82, 2.24) is 4.98 Å². The van der Waals surface area contributed by atoms with Gasteiger partial charge in [-0.05, 0) is 38.8 Å². The van der Waals surface area contributed by atoms with Gasteiger partial charge >= 0.3 is 5.97 Å². The summed E-state index contributed by atoms with van der Waals surface area (Å²) in [4.78, 5) is 13.9. The Kier molecular flexibility index (Phi) is 4.83. The molecule has 1 heterocycles. The highest BCUT2D eigenvalue weighted by Crippen LogP contribution is 2.17. The minimum absolute atomic E-state index is 0.0370. The van der Waals surface area contributed by atoms with E-state index in [-0.39, 0.29) is 11.9 Å². The molecule has 0 saturated carbocycles. The van der Waals surface area contributed by atoms with Gasteiger partial charge in [0.05, 0.1) is 13.0 Å². The van der Waals surface area contributed by atoms with Gasteiger partial charge in [0.25, 0.3) is 0 Å². The normalized spacial score (nSPS) is 17.8. The number of aromatic amines is 1. The topological polar surface area (TPSA) is 42.1 Å². The Bertz CT molecular complexity index is 349. The van der Waals surface area contributed by atoms with E-state index in [0.29, 0.717) is 0 Å². The van der Waals surface area contributed by atoms with Crippen molar-refractivity contribution in [2.45, 2.75) is 26.7 Å². The van der Waals surface area contributed by atoms with E-state index in [4.69, 9.17) is 0 Å². The number of ether oxygens (including phenoxy) is 1. The third kappa shape index (κ3) is 3.93. The number of methoxy groups -OCH3 is 1. The second-order valence-corrected chi connectivity index (χ2v) is 3.96. The lowest BCUT2D eigenvalue weighted by molar-refractivity contribution is -0.143. The summed E-state index contributed by atoms with van der Waals surface area (Å²) in [5, 5.41) is 0. The van der Waals surface area contributed by atoms with Crippen LogP contribution < -0.4 is 0 Å². The molecule has 0 aromatic carbocycles. The van der Waals surface area contributed by atoms with Gasteiger partial charge in [-0.3, -0.25) is 4.79 Å². The van der Waals surface area contributed by atoms with Gasteiger partial charge in [-0.1, -0.05) is 12.2 Å². The Morgan fingerprint density at radius 2 is 2.00 bits per heavy atom. The molecule has 1 atom stereocenters. The first-order valence-electron chi connectivity index (χ1n) is 5.50. The summed E-state index contributed by atoms with van der Waals surface area (Å²) in [7, 11) is 1.43. The highest BCUT2D eigenvalue weighted by molar-refractivity contribution is 5.74. The number of rotatable bonds is 1. The first-order chi connectivity index (χ1) is 7.63. The lowest BCUT2D eigenvalue weighted by Gasteiger charge is -2.02. The van der Waals surface area contributed by atoms with E-state index in [0.717, 1.165) is 12.8 Å². The minimum Gasteiger partial charge on any atom is -0.469 e. The second-order valence-electron chi connectivity index (χ2n) is 3.96. The summed E-state index contributed by atoms with van der Waals surface area (Å²) < 4.78 is 4.54. The average Bonchev–Trinajstić information content (AvgIpc) is 2.89. The van der Waals surface area contributed by atoms with E-state index in [9.17, 15) is 4.79 Å². The van der Waals surface area contributed by atoms with Crippen LogP contribution in [-0.4, -0.2) is 18.1 Å². The smallest absolute Gasteiger partial charge is 0.312 e. The number of hydrogen-bond acceptors (Lipinski definition) is 2. The molecule has 0 aliphatic heterocycles. The Hall–Kier alpha value is -1.51. The quantitative estimate of drug-likeness (QED) is 0.585. The van der Waals surface area contributed by atoms with Gasteiger partial charge < -0.3 is 9.72 Å². The first-order valence-corrected chi connectivity index (χ1v) is 5.50. The highest BCUT2D eigenvalue weighted by atomic mass is 16.5. The van der Waals surface area contributed by atoms with Crippen LogP contribution in [0.4, 0.5) is 0 Å². The SMILES string of the molecule is COC(=O)C1C=CCC1.Cc1ccc(C)[nH]1. The summed E-state index contributed by atoms with van der Waals surface area (Å²) in [5.74, 6) is -0.0706. The monoisotopic (exact) mass is 221 g/mol. The molecule has 1 N–H and O–H groups in total. The lowest BCUT2D eigenvalue weighted by Crippen LogP contribution is -2.10. The van der Waals surface area contributed by atoms with Crippen molar-refractivity contribution in [2.24, 2.45) is 5.92 Å². The maximum Gasteiger partial charge on any atom is 0.312 e. The van der Waals surface area contributed by atoms with Crippen molar-refractivity contribution in [1.29, 1.82) is 0 Å². The number of esters is 1. The van der Waals surface area contributed by atoms with Gasteiger partial charge in [0.15, 0.2) is 0 Å². The predicted molar refractivity (Wildman–Crippen MR) is 64.1 cm³/mol. The second kappa shape index (κ2) is 6.16. The van der Waals surface area contributed by atoms with E-state index < -0.39 is 0 Å². The fourth-order valence-electron chi connectivity index (χ4n) is 1.62. The molecule has 0 radical (unpaired) electrons. The molecular weight excluding hydrogens is 202 g/mol. The number of hydrogen-bond donors (Lipinski definition) is 1. The Morgan fingerprint density at radius 1 is 1.38 bits per heavy atom. The molecule has 0 amide bonds. The van der Waals surface area contributed by atoms with E-state index in [1.54, 1.807) is 0 Å². The highest BCUT2D eigenvalue weighted by Gasteiger charge is 2.17. The Balaban J connectivity index is 0.000000165. The molecule has 0 bridgehead atoms. The summed E-state index contributed by atoms with van der Waals surface area (Å²) in [6, 6.07) is 4.13. The van der Waals surface area contributed by atoms with Crippen LogP contribution in [0.3, 0.4) is 0 Å². The number of nitrogens with one attached hydrogen (secondary N) is 1. The van der Waals surface area contributed by atoms with E-state index in [1.807, 2.05) is 26.0 Å². The van der Waals surface area contributed by atoms with E-state index in [1.165, 1.54) is 18.5 Å². The number of carbonyl (C=O) groups excluding carboxylic acids is 1. The van der Waals surface area contributed by atoms with Crippen LogP contribution in [-0.2, 0) is 9.53 Å². The minimum atomic E-state index is -0.108. The fourth-order valence-corrected chi connectivity index (χ4v) is 1.62. The van der Waals surface area contributed by atoms with Crippen LogP contribution in [0.25, 0.3) is 0 Å². The lowest BCUT2D eigenvalue weighted by atomic mass is 10.1. The number of carbonyl (C=O) groups is 1. The van der Waals surface area contributed by atoms with Crippen molar-refractivity contribution < 1.29 is 9.53 Å². The molecule has 1 aromatic rings. The van der Waals surface area contributed by atoms with Gasteiger partial charge in [0.1, 0.15) is 0 Å². The molecular formula is C13H19NO2. The molecule has 0 saturated heterocycles. The number of aromatic nitrogens is 1. The summed E-state index contributed by atoms with van der Waals surface area (Å²) in [6.45, 7) is 4.10. The van der Waals surface area contributed by atoms with E-state index in [2.05, 4.69) is 21.9 Å². The molecule has 2 rings (SSSR count). The van der Waals surface area contributed by atoms with Crippen molar-refractivity contribution in [3.05, 3.63) is 35.7 Å². The van der Waals surface area contributed by atoms with Crippen molar-refractivity contribution in [3.8, 4) is 0 Å². The molecule has 1 aromatic heterocycles. The van der Waals surface area contributed by atoms with Gasteiger partial charge in [0, 0.05) is 11.4 Å². The molecule has 0 fully saturated rings. The van der Waals surface area contributed by atoms with Gasteiger partial charge in [-0.25, -0.2) is 0 Å². The standard InChI is InChI=1S/C7H10O2.C6H9N/c1-9-7(8)6-4-2-3-5-6;1-5-3-4-6(2)7-5/h2,4,6H,3,5H2,1H3;3-4,7H,1-2H3. The largest absolute Gasteiger partial charge is 0.469 e. The third-order valence-electron chi connectivity index (χ3n) is 2.49. The van der Waals surface area contributed by atoms with Crippen molar-refractivity contribution in [2.75, 3.05) is 7.11 Å². The zero-order valence-corrected chi connectivity index (χ0v) is 10.1. The van der Waals surface area contributed by atoms with Crippen LogP contribution in [0.1, 0.15) is 24.2 Å². The predicted octanol–water partition coefficient (Wildman–Crippen LogP) is 2.76. The summed E-state index contributed by atoms with van der Waals surface area (Å²) in [6.07, 6.45) is 5.86. The maximum absolute atomic E-state index is 10.7. The Labute approximate surface area is 96.5 Å². The molecule has 3 nitrogen and oxygen atoms in total. The Morgan fingerprint density at radius 3 is 2.31 bits per heavy atom. The third-order valence-corrected chi connectivity index (χ3v) is 2.49.